The summed E-state index contributed by atoms with van der Waals surface area (Å²) in [7, 11) is 0. The SMILES string of the molecule is Cc1ccc(NC(=O)Nc2ccc(C(N)=O)cc2)cc1Cl. The van der Waals surface area contributed by atoms with E-state index in [1.807, 2.05) is 13.0 Å². The first-order valence-corrected chi connectivity index (χ1v) is 6.57. The number of nitrogens with one attached hydrogen (secondary N) is 2. The zero-order valence-corrected chi connectivity index (χ0v) is 12.1. The minimum absolute atomic E-state index is 0.381. The van der Waals surface area contributed by atoms with Crippen LogP contribution in [0.5, 0.6) is 0 Å². The quantitative estimate of drug-likeness (QED) is 0.812. The summed E-state index contributed by atoms with van der Waals surface area (Å²) in [6.45, 7) is 1.88. The lowest BCUT2D eigenvalue weighted by atomic mass is 10.2. The van der Waals surface area contributed by atoms with Crippen LogP contribution in [0.25, 0.3) is 0 Å². The van der Waals surface area contributed by atoms with E-state index in [1.54, 1.807) is 36.4 Å². The summed E-state index contributed by atoms with van der Waals surface area (Å²) in [4.78, 5) is 22.8. The fourth-order valence-corrected chi connectivity index (χ4v) is 1.86. The average molecular weight is 304 g/mol. The van der Waals surface area contributed by atoms with Crippen LogP contribution in [0.3, 0.4) is 0 Å². The molecular formula is C15H14ClN3O2. The summed E-state index contributed by atoms with van der Waals surface area (Å²) in [6.07, 6.45) is 0. The Bertz CT molecular complexity index is 684. The summed E-state index contributed by atoms with van der Waals surface area (Å²) in [5.74, 6) is -0.514. The third kappa shape index (κ3) is 3.97. The molecule has 2 aromatic rings. The zero-order valence-electron chi connectivity index (χ0n) is 11.3. The van der Waals surface area contributed by atoms with Crippen LogP contribution < -0.4 is 16.4 Å². The second-order valence-electron chi connectivity index (χ2n) is 4.48. The largest absolute Gasteiger partial charge is 0.366 e. The fourth-order valence-electron chi connectivity index (χ4n) is 1.68. The number of nitrogens with two attached hydrogens (primary N) is 1. The van der Waals surface area contributed by atoms with Gasteiger partial charge >= 0.3 is 6.03 Å². The number of rotatable bonds is 3. The van der Waals surface area contributed by atoms with Gasteiger partial charge in [0.2, 0.25) is 5.91 Å². The maximum Gasteiger partial charge on any atom is 0.323 e. The molecule has 0 radical (unpaired) electrons. The molecule has 0 bridgehead atoms. The van der Waals surface area contributed by atoms with E-state index in [9.17, 15) is 9.59 Å². The van der Waals surface area contributed by atoms with Gasteiger partial charge in [0, 0.05) is 22.0 Å². The first-order chi connectivity index (χ1) is 9.95. The smallest absolute Gasteiger partial charge is 0.323 e. The Morgan fingerprint density at radius 3 is 2.14 bits per heavy atom. The molecule has 0 aliphatic rings. The number of amides is 3. The van der Waals surface area contributed by atoms with E-state index < -0.39 is 11.9 Å². The van der Waals surface area contributed by atoms with Crippen molar-refractivity contribution < 1.29 is 9.59 Å². The van der Waals surface area contributed by atoms with E-state index in [-0.39, 0.29) is 0 Å². The summed E-state index contributed by atoms with van der Waals surface area (Å²) in [6, 6.07) is 11.1. The van der Waals surface area contributed by atoms with Gasteiger partial charge in [0.05, 0.1) is 0 Å². The Hall–Kier alpha value is -2.53. The zero-order chi connectivity index (χ0) is 15.4. The number of hydrogen-bond donors (Lipinski definition) is 3. The van der Waals surface area contributed by atoms with Crippen molar-refractivity contribution in [3.8, 4) is 0 Å². The van der Waals surface area contributed by atoms with E-state index in [1.165, 1.54) is 0 Å². The molecule has 0 saturated heterocycles. The molecule has 3 amide bonds. The third-order valence-corrected chi connectivity index (χ3v) is 3.26. The van der Waals surface area contributed by atoms with E-state index in [0.717, 1.165) is 5.56 Å². The Labute approximate surface area is 127 Å². The summed E-state index contributed by atoms with van der Waals surface area (Å²) in [5, 5.41) is 5.90. The van der Waals surface area contributed by atoms with Crippen molar-refractivity contribution in [1.82, 2.24) is 0 Å². The Morgan fingerprint density at radius 1 is 1.00 bits per heavy atom. The van der Waals surface area contributed by atoms with E-state index >= 15 is 0 Å². The Balaban J connectivity index is 2.01. The fraction of sp³-hybridized carbons (Fsp3) is 0.0667. The number of carbonyl (C=O) groups is 2. The lowest BCUT2D eigenvalue weighted by molar-refractivity contribution is 0.100. The molecule has 108 valence electrons. The highest BCUT2D eigenvalue weighted by Crippen LogP contribution is 2.20. The molecule has 4 N–H and O–H groups in total. The van der Waals surface area contributed by atoms with Crippen molar-refractivity contribution in [2.75, 3.05) is 10.6 Å². The molecule has 0 aliphatic heterocycles. The van der Waals surface area contributed by atoms with E-state index in [2.05, 4.69) is 10.6 Å². The first-order valence-electron chi connectivity index (χ1n) is 6.20. The molecule has 0 spiro atoms. The van der Waals surface area contributed by atoms with Gasteiger partial charge in [0.15, 0.2) is 0 Å². The van der Waals surface area contributed by atoms with Crippen molar-refractivity contribution in [1.29, 1.82) is 0 Å². The molecule has 0 aliphatic carbocycles. The van der Waals surface area contributed by atoms with E-state index in [4.69, 9.17) is 17.3 Å². The van der Waals surface area contributed by atoms with Crippen molar-refractivity contribution >= 4 is 34.9 Å². The van der Waals surface area contributed by atoms with Gasteiger partial charge < -0.3 is 16.4 Å². The van der Waals surface area contributed by atoms with Crippen molar-refractivity contribution in [2.45, 2.75) is 6.92 Å². The Morgan fingerprint density at radius 2 is 1.57 bits per heavy atom. The highest BCUT2D eigenvalue weighted by molar-refractivity contribution is 6.31. The van der Waals surface area contributed by atoms with Crippen LogP contribution >= 0.6 is 11.6 Å². The monoisotopic (exact) mass is 303 g/mol. The number of halogens is 1. The van der Waals surface area contributed by atoms with Crippen LogP contribution in [0.2, 0.25) is 5.02 Å². The minimum Gasteiger partial charge on any atom is -0.366 e. The van der Waals surface area contributed by atoms with Crippen LogP contribution in [0, 0.1) is 6.92 Å². The van der Waals surface area contributed by atoms with Crippen LogP contribution in [0.1, 0.15) is 15.9 Å². The third-order valence-electron chi connectivity index (χ3n) is 2.86. The number of aryl methyl sites for hydroxylation is 1. The molecule has 5 nitrogen and oxygen atoms in total. The molecule has 0 fully saturated rings. The summed E-state index contributed by atoms with van der Waals surface area (Å²) < 4.78 is 0. The summed E-state index contributed by atoms with van der Waals surface area (Å²) in [5.41, 5.74) is 7.60. The number of urea groups is 1. The van der Waals surface area contributed by atoms with Crippen molar-refractivity contribution in [3.63, 3.8) is 0 Å². The number of benzene rings is 2. The van der Waals surface area contributed by atoms with Gasteiger partial charge in [-0.05, 0) is 48.9 Å². The molecule has 0 heterocycles. The standard InChI is InChI=1S/C15H14ClN3O2/c1-9-2-5-12(8-13(9)16)19-15(21)18-11-6-3-10(4-7-11)14(17)20/h2-8H,1H3,(H2,17,20)(H2,18,19,21). The number of primary amides is 1. The molecule has 2 rings (SSSR count). The average Bonchev–Trinajstić information content (AvgIpc) is 2.43. The van der Waals surface area contributed by atoms with Crippen molar-refractivity contribution in [2.24, 2.45) is 5.73 Å². The molecule has 0 atom stereocenters. The normalized spacial score (nSPS) is 10.0. The number of anilines is 2. The molecular weight excluding hydrogens is 290 g/mol. The van der Waals surface area contributed by atoms with E-state index in [0.29, 0.717) is 22.0 Å². The second-order valence-corrected chi connectivity index (χ2v) is 4.89. The lowest BCUT2D eigenvalue weighted by Gasteiger charge is -2.09. The molecule has 0 unspecified atom stereocenters. The number of hydrogen-bond acceptors (Lipinski definition) is 2. The minimum atomic E-state index is -0.514. The predicted octanol–water partition coefficient (Wildman–Crippen LogP) is 3.39. The highest BCUT2D eigenvalue weighted by Gasteiger charge is 2.05. The first kappa shape index (κ1) is 14.9. The summed E-state index contributed by atoms with van der Waals surface area (Å²) >= 11 is 5.99. The van der Waals surface area contributed by atoms with Gasteiger partial charge in [0.25, 0.3) is 0 Å². The maximum absolute atomic E-state index is 11.8. The van der Waals surface area contributed by atoms with Crippen LogP contribution in [-0.2, 0) is 0 Å². The van der Waals surface area contributed by atoms with Gasteiger partial charge in [-0.3, -0.25) is 4.79 Å². The molecule has 2 aromatic carbocycles. The maximum atomic E-state index is 11.8. The predicted molar refractivity (Wildman–Crippen MR) is 83.8 cm³/mol. The molecule has 21 heavy (non-hydrogen) atoms. The molecule has 6 heteroatoms. The highest BCUT2D eigenvalue weighted by atomic mass is 35.5. The molecule has 0 saturated carbocycles. The number of carbonyl (C=O) groups excluding carboxylic acids is 2. The van der Waals surface area contributed by atoms with Gasteiger partial charge in [-0.2, -0.15) is 0 Å². The van der Waals surface area contributed by atoms with Gasteiger partial charge in [0.1, 0.15) is 0 Å². The second kappa shape index (κ2) is 6.28. The molecule has 0 aromatic heterocycles. The topological polar surface area (TPSA) is 84.2 Å². The lowest BCUT2D eigenvalue weighted by Crippen LogP contribution is -2.19. The van der Waals surface area contributed by atoms with Crippen LogP contribution in [0.4, 0.5) is 16.2 Å². The Kier molecular flexibility index (Phi) is 4.45. The van der Waals surface area contributed by atoms with Gasteiger partial charge in [-0.1, -0.05) is 17.7 Å². The van der Waals surface area contributed by atoms with Crippen LogP contribution in [0.15, 0.2) is 42.5 Å². The van der Waals surface area contributed by atoms with Gasteiger partial charge in [-0.15, -0.1) is 0 Å². The van der Waals surface area contributed by atoms with Gasteiger partial charge in [-0.25, -0.2) is 4.79 Å². The van der Waals surface area contributed by atoms with Crippen LogP contribution in [-0.4, -0.2) is 11.9 Å². The van der Waals surface area contributed by atoms with Crippen molar-refractivity contribution in [3.05, 3.63) is 58.6 Å².